The van der Waals surface area contributed by atoms with Crippen LogP contribution in [0.15, 0.2) is 24.5 Å². The summed E-state index contributed by atoms with van der Waals surface area (Å²) < 4.78 is 0. The Morgan fingerprint density at radius 3 is 2.92 bits per heavy atom. The highest BCUT2D eigenvalue weighted by Gasteiger charge is 2.26. The Kier molecular flexibility index (Phi) is 5.28. The highest BCUT2D eigenvalue weighted by molar-refractivity contribution is 7.16. The van der Waals surface area contributed by atoms with E-state index in [1.165, 1.54) is 16.0 Å². The average Bonchev–Trinajstić information content (AvgIpc) is 2.83. The van der Waals surface area contributed by atoms with E-state index in [9.17, 15) is 4.79 Å². The smallest absolute Gasteiger partial charge is 0.239 e. The number of rotatable bonds is 4. The molecule has 1 aliphatic rings. The molecule has 24 heavy (non-hydrogen) atoms. The molecule has 2 aromatic heterocycles. The molecule has 2 aromatic rings. The van der Waals surface area contributed by atoms with Gasteiger partial charge in [0.2, 0.25) is 5.91 Å². The van der Waals surface area contributed by atoms with Crippen molar-refractivity contribution in [3.05, 3.63) is 46.1 Å². The molecule has 1 atom stereocenters. The quantitative estimate of drug-likeness (QED) is 0.895. The molecule has 0 aromatic carbocycles. The van der Waals surface area contributed by atoms with Crippen molar-refractivity contribution in [3.8, 4) is 0 Å². The number of piperazine rings is 1. The third-order valence-corrected chi connectivity index (χ3v) is 5.93. The number of hydrogen-bond acceptors (Lipinski definition) is 5. The van der Waals surface area contributed by atoms with E-state index in [1.807, 2.05) is 12.3 Å². The van der Waals surface area contributed by atoms with Gasteiger partial charge in [-0.15, -0.1) is 11.3 Å². The van der Waals surface area contributed by atoms with Crippen molar-refractivity contribution in [2.24, 2.45) is 0 Å². The van der Waals surface area contributed by atoms with Crippen molar-refractivity contribution < 1.29 is 4.79 Å². The summed E-state index contributed by atoms with van der Waals surface area (Å²) in [5.41, 5.74) is 3.59. The zero-order valence-electron chi connectivity index (χ0n) is 14.4. The van der Waals surface area contributed by atoms with Crippen molar-refractivity contribution in [1.29, 1.82) is 0 Å². The van der Waals surface area contributed by atoms with Crippen LogP contribution in [0.2, 0.25) is 0 Å². The van der Waals surface area contributed by atoms with Crippen LogP contribution >= 0.6 is 11.3 Å². The van der Waals surface area contributed by atoms with E-state index in [0.717, 1.165) is 30.2 Å². The number of thiophene rings is 1. The standard InChI is InChI=1S/C18H24N4OS/c1-12-13(2)18(24-14(12)3)21-17(23)11-22-8-7-20-10-16(22)15-5-4-6-19-9-15/h4-6,9,16,20H,7-8,10-11H2,1-3H3,(H,21,23). The fourth-order valence-corrected chi connectivity index (χ4v) is 4.13. The number of aryl methyl sites for hydroxylation is 1. The molecule has 1 amide bonds. The molecular formula is C18H24N4OS. The molecule has 128 valence electrons. The van der Waals surface area contributed by atoms with Crippen LogP contribution in [0.3, 0.4) is 0 Å². The van der Waals surface area contributed by atoms with Gasteiger partial charge in [-0.2, -0.15) is 0 Å². The Labute approximate surface area is 147 Å². The lowest BCUT2D eigenvalue weighted by atomic mass is 10.1. The maximum atomic E-state index is 12.5. The topological polar surface area (TPSA) is 57.3 Å². The number of pyridine rings is 1. The van der Waals surface area contributed by atoms with Crippen molar-refractivity contribution in [1.82, 2.24) is 15.2 Å². The van der Waals surface area contributed by atoms with Crippen molar-refractivity contribution in [2.45, 2.75) is 26.8 Å². The Hall–Kier alpha value is -1.76. The first-order chi connectivity index (χ1) is 11.6. The SMILES string of the molecule is Cc1sc(NC(=O)CN2CCNCC2c2cccnc2)c(C)c1C. The van der Waals surface area contributed by atoms with Crippen LogP contribution in [-0.4, -0.2) is 42.0 Å². The zero-order chi connectivity index (χ0) is 17.1. The second-order valence-corrected chi connectivity index (χ2v) is 7.49. The number of carbonyl (C=O) groups is 1. The Bertz CT molecular complexity index is 713. The van der Waals surface area contributed by atoms with E-state index in [0.29, 0.717) is 6.54 Å². The average molecular weight is 344 g/mol. The fraction of sp³-hybridized carbons (Fsp3) is 0.444. The first kappa shape index (κ1) is 17.1. The molecule has 1 fully saturated rings. The molecule has 6 heteroatoms. The lowest BCUT2D eigenvalue weighted by molar-refractivity contribution is -0.118. The van der Waals surface area contributed by atoms with Crippen molar-refractivity contribution >= 4 is 22.2 Å². The van der Waals surface area contributed by atoms with Crippen LogP contribution < -0.4 is 10.6 Å². The van der Waals surface area contributed by atoms with Crippen molar-refractivity contribution in [2.75, 3.05) is 31.5 Å². The molecule has 3 heterocycles. The maximum Gasteiger partial charge on any atom is 0.239 e. The van der Waals surface area contributed by atoms with Gasteiger partial charge < -0.3 is 10.6 Å². The van der Waals surface area contributed by atoms with Crippen LogP contribution in [0.5, 0.6) is 0 Å². The van der Waals surface area contributed by atoms with E-state index in [1.54, 1.807) is 17.5 Å². The van der Waals surface area contributed by atoms with E-state index in [4.69, 9.17) is 0 Å². The molecule has 0 bridgehead atoms. The summed E-state index contributed by atoms with van der Waals surface area (Å²) in [6.45, 7) is 9.27. The van der Waals surface area contributed by atoms with Crippen LogP contribution in [0.4, 0.5) is 5.00 Å². The number of carbonyl (C=O) groups excluding carboxylic acids is 1. The van der Waals surface area contributed by atoms with Crippen LogP contribution in [0.25, 0.3) is 0 Å². The molecule has 1 saturated heterocycles. The maximum absolute atomic E-state index is 12.5. The molecule has 1 unspecified atom stereocenters. The van der Waals surface area contributed by atoms with E-state index in [2.05, 4.69) is 47.4 Å². The predicted octanol–water partition coefficient (Wildman–Crippen LogP) is 2.65. The molecule has 2 N–H and O–H groups in total. The number of hydrogen-bond donors (Lipinski definition) is 2. The largest absolute Gasteiger partial charge is 0.316 e. The van der Waals surface area contributed by atoms with Gasteiger partial charge in [0.15, 0.2) is 0 Å². The van der Waals surface area contributed by atoms with Gasteiger partial charge in [0, 0.05) is 42.9 Å². The van der Waals surface area contributed by atoms with Gasteiger partial charge >= 0.3 is 0 Å². The summed E-state index contributed by atoms with van der Waals surface area (Å²) in [7, 11) is 0. The number of anilines is 1. The summed E-state index contributed by atoms with van der Waals surface area (Å²) in [5.74, 6) is 0.0511. The first-order valence-corrected chi connectivity index (χ1v) is 9.09. The van der Waals surface area contributed by atoms with E-state index in [-0.39, 0.29) is 11.9 Å². The summed E-state index contributed by atoms with van der Waals surface area (Å²) in [6, 6.07) is 4.21. The monoisotopic (exact) mass is 344 g/mol. The number of amides is 1. The third-order valence-electron chi connectivity index (χ3n) is 4.71. The zero-order valence-corrected chi connectivity index (χ0v) is 15.2. The number of nitrogens with one attached hydrogen (secondary N) is 2. The third kappa shape index (κ3) is 3.66. The minimum Gasteiger partial charge on any atom is -0.316 e. The van der Waals surface area contributed by atoms with Crippen LogP contribution in [0, 0.1) is 20.8 Å². The molecule has 1 aliphatic heterocycles. The second kappa shape index (κ2) is 7.42. The molecule has 0 saturated carbocycles. The molecule has 0 radical (unpaired) electrons. The van der Waals surface area contributed by atoms with Gasteiger partial charge in [-0.05, 0) is 43.5 Å². The van der Waals surface area contributed by atoms with Gasteiger partial charge in [0.1, 0.15) is 0 Å². The van der Waals surface area contributed by atoms with E-state index >= 15 is 0 Å². The first-order valence-electron chi connectivity index (χ1n) is 8.27. The Morgan fingerprint density at radius 1 is 1.42 bits per heavy atom. The van der Waals surface area contributed by atoms with Gasteiger partial charge in [-0.1, -0.05) is 6.07 Å². The number of aromatic nitrogens is 1. The highest BCUT2D eigenvalue weighted by atomic mass is 32.1. The Balaban J connectivity index is 1.69. The van der Waals surface area contributed by atoms with Gasteiger partial charge in [-0.3, -0.25) is 14.7 Å². The number of nitrogens with zero attached hydrogens (tertiary/aromatic N) is 2. The van der Waals surface area contributed by atoms with Crippen LogP contribution in [0.1, 0.15) is 27.6 Å². The molecule has 3 rings (SSSR count). The normalized spacial score (nSPS) is 18.5. The van der Waals surface area contributed by atoms with Crippen molar-refractivity contribution in [3.63, 3.8) is 0 Å². The Morgan fingerprint density at radius 2 is 2.25 bits per heavy atom. The van der Waals surface area contributed by atoms with Gasteiger partial charge in [-0.25, -0.2) is 0 Å². The highest BCUT2D eigenvalue weighted by Crippen LogP contribution is 2.31. The van der Waals surface area contributed by atoms with E-state index < -0.39 is 0 Å². The molecule has 5 nitrogen and oxygen atoms in total. The summed E-state index contributed by atoms with van der Waals surface area (Å²) in [6.07, 6.45) is 3.67. The minimum atomic E-state index is 0.0511. The van der Waals surface area contributed by atoms with Crippen LogP contribution in [-0.2, 0) is 4.79 Å². The molecular weight excluding hydrogens is 320 g/mol. The lowest BCUT2D eigenvalue weighted by Crippen LogP contribution is -2.48. The summed E-state index contributed by atoms with van der Waals surface area (Å²) >= 11 is 1.66. The fourth-order valence-electron chi connectivity index (χ4n) is 3.05. The summed E-state index contributed by atoms with van der Waals surface area (Å²) in [5, 5.41) is 7.48. The lowest BCUT2D eigenvalue weighted by Gasteiger charge is -2.35. The second-order valence-electron chi connectivity index (χ2n) is 6.26. The predicted molar refractivity (Wildman–Crippen MR) is 98.6 cm³/mol. The van der Waals surface area contributed by atoms with Gasteiger partial charge in [0.25, 0.3) is 0 Å². The molecule has 0 spiro atoms. The minimum absolute atomic E-state index is 0.0511. The summed E-state index contributed by atoms with van der Waals surface area (Å²) in [4.78, 5) is 20.3. The van der Waals surface area contributed by atoms with Gasteiger partial charge in [0.05, 0.1) is 11.5 Å². The molecule has 0 aliphatic carbocycles.